The zero-order valence-electron chi connectivity index (χ0n) is 9.38. The molecule has 2 aromatic rings. The first-order valence-electron chi connectivity index (χ1n) is 5.13. The van der Waals surface area contributed by atoms with Crippen LogP contribution in [0.25, 0.3) is 0 Å². The van der Waals surface area contributed by atoms with E-state index in [0.29, 0.717) is 21.2 Å². The maximum Gasteiger partial charge on any atom is 0.335 e. The normalized spacial score (nSPS) is 10.3. The van der Waals surface area contributed by atoms with Crippen LogP contribution in [0.15, 0.2) is 22.7 Å². The number of carboxylic acid groups (broad SMARTS) is 1. The number of benzene rings is 1. The lowest BCUT2D eigenvalue weighted by molar-refractivity contribution is 0.0696. The molecular weight excluding hydrogens is 320 g/mol. The van der Waals surface area contributed by atoms with Gasteiger partial charge in [0.05, 0.1) is 10.0 Å². The number of ether oxygens (including phenoxy) is 1. The number of halogens is 1. The maximum absolute atomic E-state index is 10.9. The number of rotatable bonds is 4. The second kappa shape index (κ2) is 5.45. The van der Waals surface area contributed by atoms with Crippen LogP contribution in [-0.2, 0) is 6.42 Å². The van der Waals surface area contributed by atoms with Crippen LogP contribution in [0.2, 0.25) is 0 Å². The molecule has 0 saturated carbocycles. The fourth-order valence-electron chi connectivity index (χ4n) is 1.23. The summed E-state index contributed by atoms with van der Waals surface area (Å²) in [5.74, 6) is 0.119. The minimum Gasteiger partial charge on any atom is -0.478 e. The summed E-state index contributed by atoms with van der Waals surface area (Å²) in [5, 5.41) is 9.31. The van der Waals surface area contributed by atoms with Crippen molar-refractivity contribution in [2.45, 2.75) is 13.3 Å². The Morgan fingerprint density at radius 2 is 2.33 bits per heavy atom. The number of aromatic carboxylic acids is 1. The number of aromatic nitrogens is 2. The standard InChI is InChI=1S/C11H9BrN2O3S/c1-2-9-13-11(18-14-9)17-8-5-6(10(15)16)3-4-7(8)12/h3-5H,2H2,1H3,(H,15,16). The highest BCUT2D eigenvalue weighted by Crippen LogP contribution is 2.31. The second-order valence-corrected chi connectivity index (χ2v) is 4.95. The molecule has 0 unspecified atom stereocenters. The molecule has 2 rings (SSSR count). The van der Waals surface area contributed by atoms with Gasteiger partial charge in [-0.3, -0.25) is 0 Å². The van der Waals surface area contributed by atoms with E-state index in [1.165, 1.54) is 12.1 Å². The third-order valence-corrected chi connectivity index (χ3v) is 3.43. The Morgan fingerprint density at radius 1 is 1.56 bits per heavy atom. The van der Waals surface area contributed by atoms with Gasteiger partial charge in [0.25, 0.3) is 5.19 Å². The SMILES string of the molecule is CCc1nsc(Oc2cc(C(=O)O)ccc2Br)n1. The van der Waals surface area contributed by atoms with Crippen molar-refractivity contribution in [3.05, 3.63) is 34.1 Å². The molecule has 1 aromatic carbocycles. The van der Waals surface area contributed by atoms with E-state index in [-0.39, 0.29) is 5.56 Å². The summed E-state index contributed by atoms with van der Waals surface area (Å²) < 4.78 is 10.3. The summed E-state index contributed by atoms with van der Waals surface area (Å²) >= 11 is 4.44. The summed E-state index contributed by atoms with van der Waals surface area (Å²) in [5.41, 5.74) is 0.161. The monoisotopic (exact) mass is 328 g/mol. The second-order valence-electron chi connectivity index (χ2n) is 3.38. The highest BCUT2D eigenvalue weighted by atomic mass is 79.9. The van der Waals surface area contributed by atoms with Gasteiger partial charge in [0.2, 0.25) is 0 Å². The molecule has 0 atom stereocenters. The molecule has 7 heteroatoms. The van der Waals surface area contributed by atoms with E-state index in [2.05, 4.69) is 25.3 Å². The van der Waals surface area contributed by atoms with Crippen molar-refractivity contribution in [3.8, 4) is 10.9 Å². The van der Waals surface area contributed by atoms with Crippen LogP contribution in [0, 0.1) is 0 Å². The molecule has 0 aliphatic heterocycles. The molecule has 5 nitrogen and oxygen atoms in total. The van der Waals surface area contributed by atoms with E-state index in [4.69, 9.17) is 9.84 Å². The molecular formula is C11H9BrN2O3S. The maximum atomic E-state index is 10.9. The molecule has 0 radical (unpaired) electrons. The highest BCUT2D eigenvalue weighted by molar-refractivity contribution is 9.10. The third kappa shape index (κ3) is 2.85. The number of carbonyl (C=O) groups is 1. The Bertz CT molecular complexity index is 585. The van der Waals surface area contributed by atoms with Gasteiger partial charge in [0.1, 0.15) is 11.6 Å². The van der Waals surface area contributed by atoms with Crippen LogP contribution >= 0.6 is 27.5 Å². The highest BCUT2D eigenvalue weighted by Gasteiger charge is 2.11. The lowest BCUT2D eigenvalue weighted by Gasteiger charge is -2.04. The van der Waals surface area contributed by atoms with Crippen molar-refractivity contribution in [2.24, 2.45) is 0 Å². The molecule has 1 heterocycles. The fourth-order valence-corrected chi connectivity index (χ4v) is 2.19. The summed E-state index contributed by atoms with van der Waals surface area (Å²) in [4.78, 5) is 15.0. The lowest BCUT2D eigenvalue weighted by Crippen LogP contribution is -1.96. The first-order valence-corrected chi connectivity index (χ1v) is 6.70. The third-order valence-electron chi connectivity index (χ3n) is 2.14. The Hall–Kier alpha value is -1.47. The van der Waals surface area contributed by atoms with Crippen molar-refractivity contribution in [1.82, 2.24) is 9.36 Å². The van der Waals surface area contributed by atoms with Gasteiger partial charge in [-0.15, -0.1) is 0 Å². The molecule has 0 saturated heterocycles. The fraction of sp³-hybridized carbons (Fsp3) is 0.182. The Kier molecular flexibility index (Phi) is 3.93. The van der Waals surface area contributed by atoms with Crippen molar-refractivity contribution in [3.63, 3.8) is 0 Å². The Labute approximate surface area is 116 Å². The van der Waals surface area contributed by atoms with E-state index in [1.54, 1.807) is 6.07 Å². The first-order chi connectivity index (χ1) is 8.60. The van der Waals surface area contributed by atoms with E-state index >= 15 is 0 Å². The predicted octanol–water partition coefficient (Wildman–Crippen LogP) is 3.35. The average molecular weight is 329 g/mol. The molecule has 0 spiro atoms. The van der Waals surface area contributed by atoms with E-state index < -0.39 is 5.97 Å². The lowest BCUT2D eigenvalue weighted by atomic mass is 10.2. The largest absolute Gasteiger partial charge is 0.478 e. The Balaban J connectivity index is 2.27. The summed E-state index contributed by atoms with van der Waals surface area (Å²) in [6, 6.07) is 4.57. The van der Waals surface area contributed by atoms with Gasteiger partial charge in [-0.2, -0.15) is 9.36 Å². The first kappa shape index (κ1) is 13.0. The topological polar surface area (TPSA) is 72.3 Å². The minimum absolute atomic E-state index is 0.161. The molecule has 18 heavy (non-hydrogen) atoms. The number of nitrogens with zero attached hydrogens (tertiary/aromatic N) is 2. The van der Waals surface area contributed by atoms with Crippen LogP contribution in [0.3, 0.4) is 0 Å². The molecule has 94 valence electrons. The van der Waals surface area contributed by atoms with Gasteiger partial charge in [0.15, 0.2) is 0 Å². The molecule has 0 aliphatic rings. The predicted molar refractivity (Wildman–Crippen MR) is 70.5 cm³/mol. The van der Waals surface area contributed by atoms with E-state index in [9.17, 15) is 4.79 Å². The molecule has 1 N–H and O–H groups in total. The van der Waals surface area contributed by atoms with Gasteiger partial charge >= 0.3 is 5.97 Å². The van der Waals surface area contributed by atoms with Gasteiger partial charge in [-0.05, 0) is 34.1 Å². The zero-order valence-corrected chi connectivity index (χ0v) is 11.8. The van der Waals surface area contributed by atoms with Crippen LogP contribution in [-0.4, -0.2) is 20.4 Å². The molecule has 0 fully saturated rings. The minimum atomic E-state index is -1.00. The summed E-state index contributed by atoms with van der Waals surface area (Å²) in [7, 11) is 0. The number of hydrogen-bond acceptors (Lipinski definition) is 5. The Morgan fingerprint density at radius 3 is 2.94 bits per heavy atom. The van der Waals surface area contributed by atoms with Crippen molar-refractivity contribution < 1.29 is 14.6 Å². The van der Waals surface area contributed by atoms with Crippen molar-refractivity contribution in [1.29, 1.82) is 0 Å². The quantitative estimate of drug-likeness (QED) is 0.931. The average Bonchev–Trinajstić information content (AvgIpc) is 2.79. The van der Waals surface area contributed by atoms with Crippen LogP contribution in [0.5, 0.6) is 10.9 Å². The molecule has 0 amide bonds. The van der Waals surface area contributed by atoms with E-state index in [1.807, 2.05) is 6.92 Å². The van der Waals surface area contributed by atoms with Gasteiger partial charge in [-0.1, -0.05) is 6.92 Å². The van der Waals surface area contributed by atoms with Gasteiger partial charge in [0, 0.05) is 18.0 Å². The molecule has 0 bridgehead atoms. The molecule has 1 aromatic heterocycles. The van der Waals surface area contributed by atoms with Crippen LogP contribution in [0.1, 0.15) is 23.1 Å². The van der Waals surface area contributed by atoms with Gasteiger partial charge < -0.3 is 9.84 Å². The number of carboxylic acids is 1. The summed E-state index contributed by atoms with van der Waals surface area (Å²) in [6.45, 7) is 1.95. The summed E-state index contributed by atoms with van der Waals surface area (Å²) in [6.07, 6.45) is 0.732. The molecule has 0 aliphatic carbocycles. The number of aryl methyl sites for hydroxylation is 1. The van der Waals surface area contributed by atoms with Gasteiger partial charge in [-0.25, -0.2) is 4.79 Å². The smallest absolute Gasteiger partial charge is 0.335 e. The zero-order chi connectivity index (χ0) is 13.1. The van der Waals surface area contributed by atoms with Crippen LogP contribution in [0.4, 0.5) is 0 Å². The van der Waals surface area contributed by atoms with Crippen molar-refractivity contribution >= 4 is 33.4 Å². The van der Waals surface area contributed by atoms with Crippen molar-refractivity contribution in [2.75, 3.05) is 0 Å². The number of hydrogen-bond donors (Lipinski definition) is 1. The van der Waals surface area contributed by atoms with Crippen LogP contribution < -0.4 is 4.74 Å². The van der Waals surface area contributed by atoms with E-state index in [0.717, 1.165) is 18.0 Å².